The summed E-state index contributed by atoms with van der Waals surface area (Å²) in [5.74, 6) is -0.107. The molecule has 0 saturated heterocycles. The minimum absolute atomic E-state index is 0.107. The van der Waals surface area contributed by atoms with Crippen LogP contribution >= 0.6 is 0 Å². The number of anilines is 1. The summed E-state index contributed by atoms with van der Waals surface area (Å²) in [6, 6.07) is 5.26. The molecule has 1 aromatic rings. The van der Waals surface area contributed by atoms with Gasteiger partial charge in [0.25, 0.3) is 5.91 Å². The number of benzene rings is 1. The highest BCUT2D eigenvalue weighted by molar-refractivity contribution is 5.96. The maximum atomic E-state index is 12.1. The van der Waals surface area contributed by atoms with Gasteiger partial charge in [-0.15, -0.1) is 0 Å². The average Bonchev–Trinajstić information content (AvgIpc) is 2.15. The van der Waals surface area contributed by atoms with E-state index in [0.29, 0.717) is 17.9 Å². The van der Waals surface area contributed by atoms with Crippen molar-refractivity contribution < 1.29 is 9.53 Å². The van der Waals surface area contributed by atoms with E-state index in [1.54, 1.807) is 25.3 Å². The lowest BCUT2D eigenvalue weighted by Crippen LogP contribution is -2.46. The Bertz CT molecular complexity index is 414. The summed E-state index contributed by atoms with van der Waals surface area (Å²) in [5, 5.41) is 2.93. The van der Waals surface area contributed by atoms with Gasteiger partial charge >= 0.3 is 0 Å². The quantitative estimate of drug-likeness (QED) is 0.782. The Morgan fingerprint density at radius 2 is 2.12 bits per heavy atom. The number of carbonyl (C=O) groups is 1. The number of carbonyl (C=O) groups excluding carboxylic acids is 1. The molecule has 0 aliphatic heterocycles. The Labute approximate surface area is 102 Å². The maximum absolute atomic E-state index is 12.1. The van der Waals surface area contributed by atoms with Crippen LogP contribution in [0.5, 0.6) is 0 Å². The van der Waals surface area contributed by atoms with Crippen molar-refractivity contribution in [1.82, 2.24) is 5.32 Å². The number of nitrogens with two attached hydrogens (primary N) is 1. The monoisotopic (exact) mass is 236 g/mol. The summed E-state index contributed by atoms with van der Waals surface area (Å²) in [4.78, 5) is 12.1. The minimum atomic E-state index is -0.389. The lowest BCUT2D eigenvalue weighted by Gasteiger charge is -2.25. The summed E-state index contributed by atoms with van der Waals surface area (Å²) in [6.45, 7) is 6.17. The van der Waals surface area contributed by atoms with Gasteiger partial charge in [-0.1, -0.05) is 0 Å². The van der Waals surface area contributed by atoms with Crippen LogP contribution in [0.15, 0.2) is 18.2 Å². The molecule has 0 saturated carbocycles. The van der Waals surface area contributed by atoms with Gasteiger partial charge in [-0.05, 0) is 44.5 Å². The van der Waals surface area contributed by atoms with E-state index in [1.807, 2.05) is 20.8 Å². The lowest BCUT2D eigenvalue weighted by molar-refractivity contribution is 0.0819. The van der Waals surface area contributed by atoms with E-state index < -0.39 is 0 Å². The maximum Gasteiger partial charge on any atom is 0.252 e. The number of hydrogen-bond acceptors (Lipinski definition) is 3. The Kier molecular flexibility index (Phi) is 4.12. The van der Waals surface area contributed by atoms with Crippen molar-refractivity contribution in [2.45, 2.75) is 26.3 Å². The van der Waals surface area contributed by atoms with Gasteiger partial charge in [0, 0.05) is 18.4 Å². The first-order chi connectivity index (χ1) is 7.85. The zero-order chi connectivity index (χ0) is 13.1. The van der Waals surface area contributed by atoms with Crippen LogP contribution in [0.1, 0.15) is 29.8 Å². The summed E-state index contributed by atoms with van der Waals surface area (Å²) in [7, 11) is 1.61. The minimum Gasteiger partial charge on any atom is -0.399 e. The fourth-order valence-corrected chi connectivity index (χ4v) is 1.71. The molecule has 0 radical (unpaired) electrons. The predicted octanol–water partition coefficient (Wildman–Crippen LogP) is 1.73. The van der Waals surface area contributed by atoms with Gasteiger partial charge in [0.15, 0.2) is 0 Å². The van der Waals surface area contributed by atoms with E-state index in [0.717, 1.165) is 5.56 Å². The standard InChI is InChI=1S/C13H20N2O2/c1-9-7-10(14)5-6-11(9)12(16)15-13(2,3)8-17-4/h5-7H,8,14H2,1-4H3,(H,15,16). The molecule has 0 aliphatic carbocycles. The van der Waals surface area contributed by atoms with Gasteiger partial charge in [0.1, 0.15) is 0 Å². The largest absolute Gasteiger partial charge is 0.399 e. The first-order valence-electron chi connectivity index (χ1n) is 5.53. The molecule has 0 heterocycles. The Morgan fingerprint density at radius 3 is 2.65 bits per heavy atom. The zero-order valence-corrected chi connectivity index (χ0v) is 10.8. The highest BCUT2D eigenvalue weighted by Gasteiger charge is 2.21. The summed E-state index contributed by atoms with van der Waals surface area (Å²) in [6.07, 6.45) is 0. The predicted molar refractivity (Wildman–Crippen MR) is 69.0 cm³/mol. The number of nitrogen functional groups attached to an aromatic ring is 1. The summed E-state index contributed by atoms with van der Waals surface area (Å²) < 4.78 is 5.06. The van der Waals surface area contributed by atoms with Gasteiger partial charge < -0.3 is 15.8 Å². The van der Waals surface area contributed by atoms with Gasteiger partial charge in [0.05, 0.1) is 12.1 Å². The van der Waals surface area contributed by atoms with Crippen LogP contribution in [0.3, 0.4) is 0 Å². The SMILES string of the molecule is COCC(C)(C)NC(=O)c1ccc(N)cc1C. The Balaban J connectivity index is 2.83. The Hall–Kier alpha value is -1.55. The molecule has 4 nitrogen and oxygen atoms in total. The van der Waals surface area contributed by atoms with Crippen LogP contribution in [-0.2, 0) is 4.74 Å². The third-order valence-electron chi connectivity index (χ3n) is 2.45. The number of aryl methyl sites for hydroxylation is 1. The number of nitrogens with one attached hydrogen (secondary N) is 1. The molecule has 0 bridgehead atoms. The molecule has 1 rings (SSSR count). The molecule has 0 fully saturated rings. The molecule has 1 aromatic carbocycles. The number of amides is 1. The van der Waals surface area contributed by atoms with Crippen LogP contribution in [0, 0.1) is 6.92 Å². The molecule has 94 valence electrons. The van der Waals surface area contributed by atoms with Crippen molar-refractivity contribution in [3.05, 3.63) is 29.3 Å². The number of methoxy groups -OCH3 is 1. The normalized spacial score (nSPS) is 11.3. The highest BCUT2D eigenvalue weighted by Crippen LogP contribution is 2.14. The summed E-state index contributed by atoms with van der Waals surface area (Å²) >= 11 is 0. The molecular formula is C13H20N2O2. The van der Waals surface area contributed by atoms with Crippen molar-refractivity contribution in [2.75, 3.05) is 19.5 Å². The van der Waals surface area contributed by atoms with E-state index in [-0.39, 0.29) is 11.4 Å². The van der Waals surface area contributed by atoms with E-state index in [9.17, 15) is 4.79 Å². The summed E-state index contributed by atoms with van der Waals surface area (Å²) in [5.41, 5.74) is 7.44. The zero-order valence-electron chi connectivity index (χ0n) is 10.8. The molecule has 3 N–H and O–H groups in total. The van der Waals surface area contributed by atoms with E-state index in [1.165, 1.54) is 0 Å². The van der Waals surface area contributed by atoms with Gasteiger partial charge in [-0.3, -0.25) is 4.79 Å². The van der Waals surface area contributed by atoms with Gasteiger partial charge in [-0.25, -0.2) is 0 Å². The molecule has 0 unspecified atom stereocenters. The van der Waals surface area contributed by atoms with E-state index in [4.69, 9.17) is 10.5 Å². The van der Waals surface area contributed by atoms with Crippen LogP contribution < -0.4 is 11.1 Å². The second-order valence-electron chi connectivity index (χ2n) is 4.85. The second-order valence-corrected chi connectivity index (χ2v) is 4.85. The van der Waals surface area contributed by atoms with Gasteiger partial charge in [0.2, 0.25) is 0 Å². The molecule has 17 heavy (non-hydrogen) atoms. The number of hydrogen-bond donors (Lipinski definition) is 2. The van der Waals surface area contributed by atoms with Crippen molar-refractivity contribution in [3.8, 4) is 0 Å². The third kappa shape index (κ3) is 3.75. The van der Waals surface area contributed by atoms with Crippen LogP contribution in [0.2, 0.25) is 0 Å². The number of rotatable bonds is 4. The third-order valence-corrected chi connectivity index (χ3v) is 2.45. The van der Waals surface area contributed by atoms with Crippen LogP contribution in [0.25, 0.3) is 0 Å². The first kappa shape index (κ1) is 13.5. The van der Waals surface area contributed by atoms with Crippen LogP contribution in [-0.4, -0.2) is 25.2 Å². The fourth-order valence-electron chi connectivity index (χ4n) is 1.71. The molecule has 1 amide bonds. The lowest BCUT2D eigenvalue weighted by atomic mass is 10.0. The van der Waals surface area contributed by atoms with Crippen molar-refractivity contribution in [1.29, 1.82) is 0 Å². The fraction of sp³-hybridized carbons (Fsp3) is 0.462. The molecule has 4 heteroatoms. The van der Waals surface area contributed by atoms with E-state index >= 15 is 0 Å². The smallest absolute Gasteiger partial charge is 0.252 e. The topological polar surface area (TPSA) is 64.3 Å². The van der Waals surface area contributed by atoms with Crippen molar-refractivity contribution in [3.63, 3.8) is 0 Å². The van der Waals surface area contributed by atoms with Crippen LogP contribution in [0.4, 0.5) is 5.69 Å². The average molecular weight is 236 g/mol. The van der Waals surface area contributed by atoms with Gasteiger partial charge in [-0.2, -0.15) is 0 Å². The molecule has 0 atom stereocenters. The second kappa shape index (κ2) is 5.19. The molecule has 0 aliphatic rings. The highest BCUT2D eigenvalue weighted by atomic mass is 16.5. The molecule has 0 aromatic heterocycles. The van der Waals surface area contributed by atoms with Crippen molar-refractivity contribution in [2.24, 2.45) is 0 Å². The molecular weight excluding hydrogens is 216 g/mol. The number of ether oxygens (including phenoxy) is 1. The first-order valence-corrected chi connectivity index (χ1v) is 5.53. The van der Waals surface area contributed by atoms with Crippen molar-refractivity contribution >= 4 is 11.6 Å². The van der Waals surface area contributed by atoms with E-state index in [2.05, 4.69) is 5.32 Å². The Morgan fingerprint density at radius 1 is 1.47 bits per heavy atom. The molecule has 0 spiro atoms.